The summed E-state index contributed by atoms with van der Waals surface area (Å²) in [6.07, 6.45) is 0.588. The number of likely N-dealkylation sites (tertiary alicyclic amines) is 1. The molecular weight excluding hydrogens is 244 g/mol. The summed E-state index contributed by atoms with van der Waals surface area (Å²) in [4.78, 5) is 25.7. The van der Waals surface area contributed by atoms with Crippen LogP contribution in [-0.2, 0) is 6.54 Å². The van der Waals surface area contributed by atoms with Crippen LogP contribution in [0.25, 0.3) is 0 Å². The first-order valence-electron chi connectivity index (χ1n) is 6.40. The van der Waals surface area contributed by atoms with Gasteiger partial charge in [0.25, 0.3) is 11.8 Å². The topological polar surface area (TPSA) is 69.6 Å². The molecule has 1 unspecified atom stereocenters. The highest BCUT2D eigenvalue weighted by atomic mass is 16.3. The monoisotopic (exact) mass is 260 g/mol. The minimum Gasteiger partial charge on any atom is -0.388 e. The number of hydrogen-bond acceptors (Lipinski definition) is 3. The van der Waals surface area contributed by atoms with Gasteiger partial charge in [-0.15, -0.1) is 0 Å². The maximum absolute atomic E-state index is 12.5. The molecule has 1 atom stereocenters. The van der Waals surface area contributed by atoms with Crippen molar-refractivity contribution in [2.24, 2.45) is 0 Å². The van der Waals surface area contributed by atoms with Gasteiger partial charge in [-0.2, -0.15) is 0 Å². The quantitative estimate of drug-likeness (QED) is 0.773. The van der Waals surface area contributed by atoms with E-state index in [1.165, 1.54) is 0 Å². The number of rotatable bonds is 1. The van der Waals surface area contributed by atoms with E-state index in [1.54, 1.807) is 30.0 Å². The zero-order chi connectivity index (χ0) is 13.6. The largest absolute Gasteiger partial charge is 0.388 e. The summed E-state index contributed by atoms with van der Waals surface area (Å²) in [5.74, 6) is -0.232. The predicted octanol–water partition coefficient (Wildman–Crippen LogP) is 0.527. The first kappa shape index (κ1) is 12.2. The van der Waals surface area contributed by atoms with Crippen LogP contribution in [0.2, 0.25) is 0 Å². The number of benzene rings is 1. The highest BCUT2D eigenvalue weighted by molar-refractivity contribution is 6.04. The molecule has 19 heavy (non-hydrogen) atoms. The first-order chi connectivity index (χ1) is 8.98. The van der Waals surface area contributed by atoms with Crippen LogP contribution in [0.1, 0.15) is 39.6 Å². The number of nitrogens with zero attached hydrogens (tertiary/aromatic N) is 1. The first-order valence-corrected chi connectivity index (χ1v) is 6.40. The van der Waals surface area contributed by atoms with E-state index in [1.807, 2.05) is 0 Å². The van der Waals surface area contributed by atoms with Gasteiger partial charge in [0.15, 0.2) is 0 Å². The van der Waals surface area contributed by atoms with Gasteiger partial charge in [0, 0.05) is 30.8 Å². The van der Waals surface area contributed by atoms with Crippen LogP contribution in [0.4, 0.5) is 0 Å². The zero-order valence-corrected chi connectivity index (χ0v) is 10.8. The van der Waals surface area contributed by atoms with Gasteiger partial charge in [-0.3, -0.25) is 9.59 Å². The number of β-amino-alcohol motifs (C(OH)–C–C–N with tert-alkyl or cyclic N) is 1. The van der Waals surface area contributed by atoms with E-state index in [-0.39, 0.29) is 11.8 Å². The molecule has 5 nitrogen and oxygen atoms in total. The van der Waals surface area contributed by atoms with Crippen molar-refractivity contribution in [3.63, 3.8) is 0 Å². The molecule has 0 aromatic heterocycles. The Kier molecular flexibility index (Phi) is 2.60. The van der Waals surface area contributed by atoms with E-state index in [4.69, 9.17) is 0 Å². The molecule has 2 heterocycles. The number of aliphatic hydroxyl groups is 1. The maximum Gasteiger partial charge on any atom is 0.254 e. The Balaban J connectivity index is 1.92. The fourth-order valence-electron chi connectivity index (χ4n) is 2.74. The molecule has 2 aliphatic heterocycles. The number of hydrogen-bond donors (Lipinski definition) is 2. The Bertz CT molecular complexity index is 566. The molecule has 0 aliphatic carbocycles. The van der Waals surface area contributed by atoms with Crippen molar-refractivity contribution >= 4 is 11.8 Å². The lowest BCUT2D eigenvalue weighted by molar-refractivity contribution is 0.0571. The molecule has 100 valence electrons. The summed E-state index contributed by atoms with van der Waals surface area (Å²) >= 11 is 0. The molecule has 0 radical (unpaired) electrons. The lowest BCUT2D eigenvalue weighted by Crippen LogP contribution is -2.34. The molecule has 1 saturated heterocycles. The fourth-order valence-corrected chi connectivity index (χ4v) is 2.74. The highest BCUT2D eigenvalue weighted by Crippen LogP contribution is 2.25. The van der Waals surface area contributed by atoms with Gasteiger partial charge < -0.3 is 15.3 Å². The summed E-state index contributed by atoms with van der Waals surface area (Å²) < 4.78 is 0. The number of carbonyl (C=O) groups is 2. The number of carbonyl (C=O) groups excluding carboxylic acids is 2. The van der Waals surface area contributed by atoms with Gasteiger partial charge in [0.05, 0.1) is 5.60 Å². The third-order valence-electron chi connectivity index (χ3n) is 3.82. The van der Waals surface area contributed by atoms with Crippen molar-refractivity contribution in [2.45, 2.75) is 25.5 Å². The molecule has 1 aromatic carbocycles. The third kappa shape index (κ3) is 2.00. The van der Waals surface area contributed by atoms with Gasteiger partial charge in [0.1, 0.15) is 0 Å². The average molecular weight is 260 g/mol. The molecule has 0 spiro atoms. The molecule has 0 bridgehead atoms. The Morgan fingerprint density at radius 1 is 1.47 bits per heavy atom. The van der Waals surface area contributed by atoms with Crippen molar-refractivity contribution in [3.8, 4) is 0 Å². The Hall–Kier alpha value is -1.88. The summed E-state index contributed by atoms with van der Waals surface area (Å²) in [5.41, 5.74) is 1.11. The van der Waals surface area contributed by atoms with E-state index < -0.39 is 5.60 Å². The van der Waals surface area contributed by atoms with Crippen LogP contribution in [-0.4, -0.2) is 40.5 Å². The second-order valence-corrected chi connectivity index (χ2v) is 5.49. The van der Waals surface area contributed by atoms with Gasteiger partial charge in [-0.1, -0.05) is 6.07 Å². The molecule has 3 rings (SSSR count). The average Bonchev–Trinajstić information content (AvgIpc) is 2.92. The molecule has 0 saturated carbocycles. The lowest BCUT2D eigenvalue weighted by Gasteiger charge is -2.20. The molecule has 5 heteroatoms. The van der Waals surface area contributed by atoms with Crippen LogP contribution in [0.3, 0.4) is 0 Å². The predicted molar refractivity (Wildman–Crippen MR) is 68.8 cm³/mol. The van der Waals surface area contributed by atoms with Crippen LogP contribution in [0, 0.1) is 0 Å². The van der Waals surface area contributed by atoms with Crippen LogP contribution < -0.4 is 5.32 Å². The summed E-state index contributed by atoms with van der Waals surface area (Å²) in [6.45, 7) is 3.04. The lowest BCUT2D eigenvalue weighted by atomic mass is 10.0. The van der Waals surface area contributed by atoms with Gasteiger partial charge in [-0.05, 0) is 31.0 Å². The second kappa shape index (κ2) is 4.06. The van der Waals surface area contributed by atoms with Crippen molar-refractivity contribution in [2.75, 3.05) is 13.1 Å². The van der Waals surface area contributed by atoms with Crippen LogP contribution in [0.15, 0.2) is 18.2 Å². The van der Waals surface area contributed by atoms with Gasteiger partial charge in [-0.25, -0.2) is 0 Å². The Morgan fingerprint density at radius 3 is 2.95 bits per heavy atom. The second-order valence-electron chi connectivity index (χ2n) is 5.49. The minimum absolute atomic E-state index is 0.105. The maximum atomic E-state index is 12.5. The normalized spacial score (nSPS) is 25.4. The zero-order valence-electron chi connectivity index (χ0n) is 10.8. The van der Waals surface area contributed by atoms with E-state index in [9.17, 15) is 14.7 Å². The van der Waals surface area contributed by atoms with Crippen molar-refractivity contribution < 1.29 is 14.7 Å². The van der Waals surface area contributed by atoms with E-state index >= 15 is 0 Å². The van der Waals surface area contributed by atoms with E-state index in [0.717, 1.165) is 5.56 Å². The fraction of sp³-hybridized carbons (Fsp3) is 0.429. The highest BCUT2D eigenvalue weighted by Gasteiger charge is 2.35. The molecule has 2 aliphatic rings. The summed E-state index contributed by atoms with van der Waals surface area (Å²) in [6, 6.07) is 5.20. The minimum atomic E-state index is -0.804. The molecule has 2 amide bonds. The van der Waals surface area contributed by atoms with Crippen molar-refractivity contribution in [1.82, 2.24) is 10.2 Å². The summed E-state index contributed by atoms with van der Waals surface area (Å²) in [5, 5.41) is 12.7. The Labute approximate surface area is 111 Å². The molecule has 1 fully saturated rings. The van der Waals surface area contributed by atoms with Crippen molar-refractivity contribution in [1.29, 1.82) is 0 Å². The number of amides is 2. The standard InChI is InChI=1S/C14H16N2O3/c1-14(19)5-6-16(8-14)13(18)10-4-2-3-9-11(10)7-15-12(9)17/h2-4,19H,5-8H2,1H3,(H,15,17). The number of nitrogens with one attached hydrogen (secondary N) is 1. The Morgan fingerprint density at radius 2 is 2.26 bits per heavy atom. The molecule has 2 N–H and O–H groups in total. The molecule has 1 aromatic rings. The smallest absolute Gasteiger partial charge is 0.254 e. The van der Waals surface area contributed by atoms with E-state index in [0.29, 0.717) is 37.2 Å². The van der Waals surface area contributed by atoms with Crippen molar-refractivity contribution in [3.05, 3.63) is 34.9 Å². The molecular formula is C14H16N2O3. The van der Waals surface area contributed by atoms with Crippen LogP contribution >= 0.6 is 0 Å². The third-order valence-corrected chi connectivity index (χ3v) is 3.82. The number of fused-ring (bicyclic) bond motifs is 1. The van der Waals surface area contributed by atoms with Crippen LogP contribution in [0.5, 0.6) is 0 Å². The van der Waals surface area contributed by atoms with Gasteiger partial charge >= 0.3 is 0 Å². The summed E-state index contributed by atoms with van der Waals surface area (Å²) in [7, 11) is 0. The van der Waals surface area contributed by atoms with E-state index in [2.05, 4.69) is 5.32 Å². The van der Waals surface area contributed by atoms with Gasteiger partial charge in [0.2, 0.25) is 0 Å². The SMILES string of the molecule is CC1(O)CCN(C(=O)c2cccc3c2CNC3=O)C1.